The largest absolute Gasteiger partial charge is 0.489 e. The standard InChI is InChI=1S/C24H31N5O3/c1-17-5-4-6-21(13-17)32-18(2)14-27-24(25-3)28-15-19-7-9-20(10-8-19)23(31)29-12-11-26-22(30)16-29/h4-10,13,18H,11-12,14-16H2,1-3H3,(H,26,30)(H2,25,27,28). The average Bonchev–Trinajstić information content (AvgIpc) is 2.79. The van der Waals surface area contributed by atoms with Crippen LogP contribution in [0, 0.1) is 6.92 Å². The van der Waals surface area contributed by atoms with Gasteiger partial charge in [0.15, 0.2) is 5.96 Å². The Morgan fingerprint density at radius 3 is 2.69 bits per heavy atom. The maximum Gasteiger partial charge on any atom is 0.254 e. The maximum absolute atomic E-state index is 12.6. The molecular formula is C24H31N5O3. The zero-order valence-corrected chi connectivity index (χ0v) is 18.9. The van der Waals surface area contributed by atoms with Crippen molar-refractivity contribution < 1.29 is 14.3 Å². The Bertz CT molecular complexity index is 958. The minimum atomic E-state index is -0.126. The minimum Gasteiger partial charge on any atom is -0.489 e. The topological polar surface area (TPSA) is 95.1 Å². The number of aryl methyl sites for hydroxylation is 1. The van der Waals surface area contributed by atoms with Crippen LogP contribution in [-0.2, 0) is 11.3 Å². The van der Waals surface area contributed by atoms with Crippen molar-refractivity contribution in [2.75, 3.05) is 33.2 Å². The number of nitrogens with zero attached hydrogens (tertiary/aromatic N) is 2. The van der Waals surface area contributed by atoms with Gasteiger partial charge in [0.25, 0.3) is 5.91 Å². The molecule has 0 saturated carbocycles. The molecule has 1 unspecified atom stereocenters. The molecule has 1 saturated heterocycles. The summed E-state index contributed by atoms with van der Waals surface area (Å²) in [6.07, 6.45) is -0.0301. The van der Waals surface area contributed by atoms with Crippen molar-refractivity contribution in [1.29, 1.82) is 0 Å². The van der Waals surface area contributed by atoms with Crippen LogP contribution < -0.4 is 20.7 Å². The summed E-state index contributed by atoms with van der Waals surface area (Å²) in [5.41, 5.74) is 2.76. The van der Waals surface area contributed by atoms with Crippen molar-refractivity contribution in [3.63, 3.8) is 0 Å². The van der Waals surface area contributed by atoms with Gasteiger partial charge >= 0.3 is 0 Å². The molecule has 170 valence electrons. The molecule has 2 aromatic rings. The lowest BCUT2D eigenvalue weighted by molar-refractivity contribution is -0.123. The van der Waals surface area contributed by atoms with E-state index in [2.05, 4.69) is 20.9 Å². The van der Waals surface area contributed by atoms with E-state index in [4.69, 9.17) is 4.74 Å². The van der Waals surface area contributed by atoms with Crippen LogP contribution in [0.2, 0.25) is 0 Å². The first kappa shape index (κ1) is 23.1. The third-order valence-corrected chi connectivity index (χ3v) is 5.09. The number of carbonyl (C=O) groups is 2. The molecule has 2 aromatic carbocycles. The molecule has 1 fully saturated rings. The van der Waals surface area contributed by atoms with Crippen LogP contribution in [0.5, 0.6) is 5.75 Å². The summed E-state index contributed by atoms with van der Waals surface area (Å²) in [5, 5.41) is 9.26. The number of amides is 2. The van der Waals surface area contributed by atoms with E-state index in [-0.39, 0.29) is 24.5 Å². The number of guanidine groups is 1. The molecule has 3 rings (SSSR count). The Balaban J connectivity index is 1.45. The average molecular weight is 438 g/mol. The fourth-order valence-electron chi connectivity index (χ4n) is 3.37. The number of nitrogens with one attached hydrogen (secondary N) is 3. The fraction of sp³-hybridized carbons (Fsp3) is 0.375. The number of ether oxygens (including phenoxy) is 1. The van der Waals surface area contributed by atoms with Crippen molar-refractivity contribution in [3.05, 3.63) is 65.2 Å². The highest BCUT2D eigenvalue weighted by molar-refractivity contribution is 5.97. The third-order valence-electron chi connectivity index (χ3n) is 5.09. The lowest BCUT2D eigenvalue weighted by Crippen LogP contribution is -2.49. The Kier molecular flexibility index (Phi) is 8.08. The zero-order chi connectivity index (χ0) is 22.9. The molecular weight excluding hydrogens is 406 g/mol. The number of piperazine rings is 1. The van der Waals surface area contributed by atoms with Crippen LogP contribution in [0.25, 0.3) is 0 Å². The van der Waals surface area contributed by atoms with E-state index >= 15 is 0 Å². The van der Waals surface area contributed by atoms with Gasteiger partial charge in [0.05, 0.1) is 13.1 Å². The third kappa shape index (κ3) is 6.73. The first-order valence-corrected chi connectivity index (χ1v) is 10.8. The summed E-state index contributed by atoms with van der Waals surface area (Å²) in [4.78, 5) is 29.9. The monoisotopic (exact) mass is 437 g/mol. The second kappa shape index (κ2) is 11.2. The predicted octanol–water partition coefficient (Wildman–Crippen LogP) is 1.70. The Morgan fingerprint density at radius 1 is 1.22 bits per heavy atom. The van der Waals surface area contributed by atoms with Gasteiger partial charge in [0.1, 0.15) is 11.9 Å². The van der Waals surface area contributed by atoms with Gasteiger partial charge in [-0.15, -0.1) is 0 Å². The molecule has 8 heteroatoms. The second-order valence-corrected chi connectivity index (χ2v) is 7.83. The molecule has 0 aliphatic carbocycles. The van der Waals surface area contributed by atoms with Crippen molar-refractivity contribution in [2.45, 2.75) is 26.5 Å². The molecule has 8 nitrogen and oxygen atoms in total. The Hall–Kier alpha value is -3.55. The molecule has 0 aromatic heterocycles. The van der Waals surface area contributed by atoms with Gasteiger partial charge < -0.3 is 25.6 Å². The highest BCUT2D eigenvalue weighted by Crippen LogP contribution is 2.14. The number of hydrogen-bond acceptors (Lipinski definition) is 4. The van der Waals surface area contributed by atoms with Crippen molar-refractivity contribution in [3.8, 4) is 5.75 Å². The van der Waals surface area contributed by atoms with E-state index < -0.39 is 0 Å². The Morgan fingerprint density at radius 2 is 2.00 bits per heavy atom. The summed E-state index contributed by atoms with van der Waals surface area (Å²) in [5.74, 6) is 1.27. The van der Waals surface area contributed by atoms with Crippen molar-refractivity contribution in [2.24, 2.45) is 4.99 Å². The summed E-state index contributed by atoms with van der Waals surface area (Å²) in [6.45, 7) is 6.34. The number of hydrogen-bond donors (Lipinski definition) is 3. The van der Waals surface area contributed by atoms with E-state index in [0.29, 0.717) is 37.7 Å². The van der Waals surface area contributed by atoms with E-state index in [1.54, 1.807) is 24.1 Å². The second-order valence-electron chi connectivity index (χ2n) is 7.83. The molecule has 0 bridgehead atoms. The lowest BCUT2D eigenvalue weighted by atomic mass is 10.1. The molecule has 3 N–H and O–H groups in total. The number of benzene rings is 2. The molecule has 2 amide bonds. The smallest absolute Gasteiger partial charge is 0.254 e. The molecule has 32 heavy (non-hydrogen) atoms. The predicted molar refractivity (Wildman–Crippen MR) is 125 cm³/mol. The van der Waals surface area contributed by atoms with E-state index in [1.165, 1.54) is 0 Å². The number of rotatable bonds is 7. The first-order valence-electron chi connectivity index (χ1n) is 10.8. The van der Waals surface area contributed by atoms with Gasteiger partial charge in [-0.05, 0) is 49.2 Å². The van der Waals surface area contributed by atoms with Gasteiger partial charge in [0.2, 0.25) is 5.91 Å². The Labute approximate surface area is 189 Å². The molecule has 1 heterocycles. The molecule has 1 aliphatic heterocycles. The van der Waals surface area contributed by atoms with E-state index in [0.717, 1.165) is 16.9 Å². The lowest BCUT2D eigenvalue weighted by Gasteiger charge is -2.26. The van der Waals surface area contributed by atoms with Crippen molar-refractivity contribution in [1.82, 2.24) is 20.9 Å². The van der Waals surface area contributed by atoms with Crippen LogP contribution in [0.4, 0.5) is 0 Å². The maximum atomic E-state index is 12.6. The van der Waals surface area contributed by atoms with Gasteiger partial charge in [-0.2, -0.15) is 0 Å². The van der Waals surface area contributed by atoms with Crippen LogP contribution in [0.3, 0.4) is 0 Å². The van der Waals surface area contributed by atoms with Crippen LogP contribution in [0.15, 0.2) is 53.5 Å². The van der Waals surface area contributed by atoms with Crippen molar-refractivity contribution >= 4 is 17.8 Å². The van der Waals surface area contributed by atoms with E-state index in [1.807, 2.05) is 50.2 Å². The summed E-state index contributed by atoms with van der Waals surface area (Å²) in [7, 11) is 1.72. The van der Waals surface area contributed by atoms with Gasteiger partial charge in [0, 0.05) is 32.2 Å². The van der Waals surface area contributed by atoms with E-state index in [9.17, 15) is 9.59 Å². The molecule has 1 atom stereocenters. The zero-order valence-electron chi connectivity index (χ0n) is 18.9. The summed E-state index contributed by atoms with van der Waals surface area (Å²) < 4.78 is 5.94. The summed E-state index contributed by atoms with van der Waals surface area (Å²) in [6, 6.07) is 15.4. The molecule has 0 spiro atoms. The number of aliphatic imine (C=N–C) groups is 1. The quantitative estimate of drug-likeness (QED) is 0.453. The van der Waals surface area contributed by atoms with Gasteiger partial charge in [-0.3, -0.25) is 14.6 Å². The highest BCUT2D eigenvalue weighted by atomic mass is 16.5. The minimum absolute atomic E-state index is 0.0301. The van der Waals surface area contributed by atoms with Gasteiger partial charge in [-0.25, -0.2) is 0 Å². The fourth-order valence-corrected chi connectivity index (χ4v) is 3.37. The molecule has 1 aliphatic rings. The first-order chi connectivity index (χ1) is 15.4. The normalized spacial score (nSPS) is 15.0. The van der Waals surface area contributed by atoms with Crippen LogP contribution in [0.1, 0.15) is 28.4 Å². The highest BCUT2D eigenvalue weighted by Gasteiger charge is 2.22. The summed E-state index contributed by atoms with van der Waals surface area (Å²) >= 11 is 0. The number of carbonyl (C=O) groups excluding carboxylic acids is 2. The van der Waals surface area contributed by atoms with Crippen LogP contribution >= 0.6 is 0 Å². The SMILES string of the molecule is CN=C(NCc1ccc(C(=O)N2CCNC(=O)C2)cc1)NCC(C)Oc1cccc(C)c1. The van der Waals surface area contributed by atoms with Crippen LogP contribution in [-0.4, -0.2) is 62.0 Å². The van der Waals surface area contributed by atoms with Gasteiger partial charge in [-0.1, -0.05) is 24.3 Å². The molecule has 0 radical (unpaired) electrons.